The summed E-state index contributed by atoms with van der Waals surface area (Å²) in [4.78, 5) is 0. The Morgan fingerprint density at radius 1 is 0.348 bits per heavy atom. The predicted octanol–water partition coefficient (Wildman–Crippen LogP) is 5.38. The minimum atomic E-state index is -8.19. The Morgan fingerprint density at radius 2 is 0.565 bits per heavy atom. The molecule has 0 rings (SSSR count). The van der Waals surface area contributed by atoms with Crippen molar-refractivity contribution in [3.8, 4) is 0 Å². The van der Waals surface area contributed by atoms with Gasteiger partial charge in [-0.05, 0) is 0 Å². The van der Waals surface area contributed by atoms with E-state index in [-0.39, 0.29) is 0 Å². The van der Waals surface area contributed by atoms with Gasteiger partial charge in [0, 0.05) is 6.92 Å². The van der Waals surface area contributed by atoms with Crippen LogP contribution < -0.4 is 0 Å². The number of rotatable bonds is 5. The minimum Gasteiger partial charge on any atom is -0.200 e. The van der Waals surface area contributed by atoms with Crippen molar-refractivity contribution in [3.05, 3.63) is 0 Å². The van der Waals surface area contributed by atoms with Gasteiger partial charge in [0.15, 0.2) is 0 Å². The molecular formula is C8H3F15. The van der Waals surface area contributed by atoms with Crippen molar-refractivity contribution >= 4 is 0 Å². The molecule has 0 aliphatic heterocycles. The molecule has 0 aromatic rings. The van der Waals surface area contributed by atoms with Gasteiger partial charge in [-0.15, -0.1) is 0 Å². The lowest BCUT2D eigenvalue weighted by molar-refractivity contribution is -0.451. The van der Waals surface area contributed by atoms with Crippen LogP contribution in [0.5, 0.6) is 0 Å². The molecule has 0 fully saturated rings. The molecule has 0 saturated carbocycles. The van der Waals surface area contributed by atoms with Crippen LogP contribution in [0.15, 0.2) is 0 Å². The van der Waals surface area contributed by atoms with Gasteiger partial charge in [0.25, 0.3) is 0 Å². The van der Waals surface area contributed by atoms with Crippen LogP contribution in [0.2, 0.25) is 0 Å². The van der Waals surface area contributed by atoms with Gasteiger partial charge in [-0.3, -0.25) is 0 Å². The second kappa shape index (κ2) is 4.97. The highest BCUT2D eigenvalue weighted by molar-refractivity contribution is 5.12. The molecule has 0 aromatic carbocycles. The topological polar surface area (TPSA) is 0 Å². The molecule has 0 spiro atoms. The van der Waals surface area contributed by atoms with E-state index in [0.29, 0.717) is 0 Å². The van der Waals surface area contributed by atoms with Crippen LogP contribution in [-0.2, 0) is 0 Å². The maximum absolute atomic E-state index is 12.7. The van der Waals surface area contributed by atoms with Crippen LogP contribution in [0.1, 0.15) is 6.92 Å². The van der Waals surface area contributed by atoms with Gasteiger partial charge in [-0.2, -0.15) is 65.9 Å². The summed E-state index contributed by atoms with van der Waals surface area (Å²) in [6.07, 6.45) is -7.57. The Labute approximate surface area is 116 Å². The van der Waals surface area contributed by atoms with E-state index in [9.17, 15) is 65.9 Å². The van der Waals surface area contributed by atoms with Crippen LogP contribution in [0.25, 0.3) is 0 Å². The first kappa shape index (κ1) is 21.9. The SMILES string of the molecule is CC(F)(F)C(F)(F)C(F)(F)C(F)(F)C(F)(F)C(F)(F)C(F)(F)F. The van der Waals surface area contributed by atoms with Crippen LogP contribution >= 0.6 is 0 Å². The van der Waals surface area contributed by atoms with Crippen LogP contribution in [0, 0.1) is 0 Å². The van der Waals surface area contributed by atoms with E-state index in [0.717, 1.165) is 0 Å². The van der Waals surface area contributed by atoms with E-state index >= 15 is 0 Å². The molecule has 0 atom stereocenters. The van der Waals surface area contributed by atoms with Crippen molar-refractivity contribution in [3.63, 3.8) is 0 Å². The summed E-state index contributed by atoms with van der Waals surface area (Å²) in [6, 6.07) is 0. The standard InChI is InChI=1S/C8H3F15/c1-2(9,10)3(11,12)4(13,14)5(15,16)6(17,18)7(19,20)8(21,22)23/h1H3. The number of hydrogen-bond acceptors (Lipinski definition) is 0. The van der Waals surface area contributed by atoms with E-state index in [2.05, 4.69) is 0 Å². The molecule has 0 N–H and O–H groups in total. The molecule has 0 amide bonds. The highest BCUT2D eigenvalue weighted by Crippen LogP contribution is 2.62. The molecule has 0 unspecified atom stereocenters. The summed E-state index contributed by atoms with van der Waals surface area (Å²) in [5, 5.41) is 0. The molecule has 23 heavy (non-hydrogen) atoms. The first-order valence-corrected chi connectivity index (χ1v) is 4.83. The Hall–Kier alpha value is -1.05. The fraction of sp³-hybridized carbons (Fsp3) is 1.00. The summed E-state index contributed by atoms with van der Waals surface area (Å²) >= 11 is 0. The maximum atomic E-state index is 12.7. The zero-order valence-electron chi connectivity index (χ0n) is 10.2. The Kier molecular flexibility index (Phi) is 4.75. The van der Waals surface area contributed by atoms with Gasteiger partial charge in [0.05, 0.1) is 0 Å². The van der Waals surface area contributed by atoms with Gasteiger partial charge in [0.2, 0.25) is 0 Å². The number of alkyl halides is 15. The fourth-order valence-corrected chi connectivity index (χ4v) is 1.05. The predicted molar refractivity (Wildman–Crippen MR) is 41.4 cm³/mol. The second-order valence-corrected chi connectivity index (χ2v) is 4.26. The quantitative estimate of drug-likeness (QED) is 0.559. The lowest BCUT2D eigenvalue weighted by Gasteiger charge is -2.40. The molecule has 0 aliphatic carbocycles. The molecule has 0 radical (unpaired) electrons. The zero-order valence-corrected chi connectivity index (χ0v) is 10.2. The average molecular weight is 384 g/mol. The molecule has 0 nitrogen and oxygen atoms in total. The van der Waals surface area contributed by atoms with Gasteiger partial charge in [-0.25, -0.2) is 0 Å². The van der Waals surface area contributed by atoms with Gasteiger partial charge in [0.1, 0.15) is 0 Å². The number of hydrogen-bond donors (Lipinski definition) is 0. The third-order valence-electron chi connectivity index (χ3n) is 2.48. The van der Waals surface area contributed by atoms with E-state index in [4.69, 9.17) is 0 Å². The molecule has 0 saturated heterocycles. The van der Waals surface area contributed by atoms with Gasteiger partial charge < -0.3 is 0 Å². The van der Waals surface area contributed by atoms with Crippen LogP contribution in [-0.4, -0.2) is 41.7 Å². The number of halogens is 15. The highest BCUT2D eigenvalue weighted by Gasteiger charge is 2.92. The largest absolute Gasteiger partial charge is 0.460 e. The van der Waals surface area contributed by atoms with Crippen molar-refractivity contribution in [2.75, 3.05) is 0 Å². The lowest BCUT2D eigenvalue weighted by Crippen LogP contribution is -2.72. The van der Waals surface area contributed by atoms with Gasteiger partial charge >= 0.3 is 41.7 Å². The first-order chi connectivity index (χ1) is 9.50. The van der Waals surface area contributed by atoms with Crippen molar-refractivity contribution in [1.29, 1.82) is 0 Å². The molecule has 0 bridgehead atoms. The third-order valence-corrected chi connectivity index (χ3v) is 2.48. The van der Waals surface area contributed by atoms with E-state index in [1.165, 1.54) is 0 Å². The summed E-state index contributed by atoms with van der Waals surface area (Å²) in [7, 11) is 0. The van der Waals surface area contributed by atoms with Crippen LogP contribution in [0.4, 0.5) is 65.9 Å². The second-order valence-electron chi connectivity index (χ2n) is 4.26. The summed E-state index contributed by atoms with van der Waals surface area (Å²) < 4.78 is 185. The molecule has 0 aliphatic rings. The zero-order chi connectivity index (χ0) is 19.5. The van der Waals surface area contributed by atoms with Crippen molar-refractivity contribution in [1.82, 2.24) is 0 Å². The Morgan fingerprint density at radius 3 is 0.783 bits per heavy atom. The molecular weight excluding hydrogens is 381 g/mol. The summed E-state index contributed by atoms with van der Waals surface area (Å²) in [5.74, 6) is -45.8. The fourth-order valence-electron chi connectivity index (χ4n) is 1.05. The monoisotopic (exact) mass is 384 g/mol. The van der Waals surface area contributed by atoms with Crippen molar-refractivity contribution in [2.24, 2.45) is 0 Å². The Balaban J connectivity index is 6.37. The normalized spacial score (nSPS) is 16.7. The van der Waals surface area contributed by atoms with E-state index in [1.807, 2.05) is 0 Å². The summed E-state index contributed by atoms with van der Waals surface area (Å²) in [6.45, 7) is -1.16. The van der Waals surface area contributed by atoms with Crippen molar-refractivity contribution in [2.45, 2.75) is 48.6 Å². The van der Waals surface area contributed by atoms with Gasteiger partial charge in [-0.1, -0.05) is 0 Å². The molecule has 15 heteroatoms. The molecule has 0 aromatic heterocycles. The van der Waals surface area contributed by atoms with E-state index in [1.54, 1.807) is 0 Å². The maximum Gasteiger partial charge on any atom is 0.460 e. The summed E-state index contributed by atoms with van der Waals surface area (Å²) in [5.41, 5.74) is 0. The van der Waals surface area contributed by atoms with E-state index < -0.39 is 48.6 Å². The van der Waals surface area contributed by atoms with Crippen molar-refractivity contribution < 1.29 is 65.9 Å². The lowest BCUT2D eigenvalue weighted by atomic mass is 9.91. The smallest absolute Gasteiger partial charge is 0.200 e. The average Bonchev–Trinajstić information content (AvgIpc) is 2.24. The Bertz CT molecular complexity index is 395. The third kappa shape index (κ3) is 2.68. The first-order valence-electron chi connectivity index (χ1n) is 4.83. The van der Waals surface area contributed by atoms with Crippen LogP contribution in [0.3, 0.4) is 0 Å². The molecule has 0 heterocycles. The molecule has 140 valence electrons. The highest BCUT2D eigenvalue weighted by atomic mass is 19.4. The minimum absolute atomic E-state index is 1.16.